The average molecular weight is 361 g/mol. The second-order valence-electron chi connectivity index (χ2n) is 6.44. The summed E-state index contributed by atoms with van der Waals surface area (Å²) in [4.78, 5) is 30.1. The van der Waals surface area contributed by atoms with Gasteiger partial charge in [0.2, 0.25) is 5.91 Å². The van der Waals surface area contributed by atoms with Gasteiger partial charge >= 0.3 is 0 Å². The van der Waals surface area contributed by atoms with Gasteiger partial charge in [0.05, 0.1) is 6.54 Å². The fraction of sp³-hybridized carbons (Fsp3) is 0.200. The van der Waals surface area contributed by atoms with Gasteiger partial charge in [0.1, 0.15) is 12.7 Å². The van der Waals surface area contributed by atoms with Crippen LogP contribution in [0.2, 0.25) is 0 Å². The molecule has 1 aliphatic rings. The summed E-state index contributed by atoms with van der Waals surface area (Å²) in [5, 5.41) is 6.97. The molecule has 27 heavy (non-hydrogen) atoms. The van der Waals surface area contributed by atoms with Crippen molar-refractivity contribution in [2.24, 2.45) is 0 Å². The molecule has 1 N–H and O–H groups in total. The van der Waals surface area contributed by atoms with Crippen LogP contribution in [0.5, 0.6) is 0 Å². The summed E-state index contributed by atoms with van der Waals surface area (Å²) in [5.74, 6) is -0.0614. The van der Waals surface area contributed by atoms with Crippen molar-refractivity contribution in [1.29, 1.82) is 0 Å². The second-order valence-corrected chi connectivity index (χ2v) is 6.44. The zero-order valence-electron chi connectivity index (χ0n) is 14.7. The molecule has 0 atom stereocenters. The summed E-state index contributed by atoms with van der Waals surface area (Å²) in [6.07, 6.45) is 4.60. The summed E-state index contributed by atoms with van der Waals surface area (Å²) in [6.45, 7) is 1.33. The minimum Gasteiger partial charge on any atom is -0.322 e. The number of hydrogen-bond acceptors (Lipinski definition) is 4. The first-order valence-electron chi connectivity index (χ1n) is 8.82. The predicted molar refractivity (Wildman–Crippen MR) is 102 cm³/mol. The van der Waals surface area contributed by atoms with Crippen molar-refractivity contribution >= 4 is 23.2 Å². The quantitative estimate of drug-likeness (QED) is 0.758. The molecule has 0 radical (unpaired) electrons. The van der Waals surface area contributed by atoms with Crippen molar-refractivity contribution in [3.8, 4) is 0 Å². The average Bonchev–Trinajstić information content (AvgIpc) is 3.34. The van der Waals surface area contributed by atoms with Crippen LogP contribution in [0.3, 0.4) is 0 Å². The molecule has 2 heterocycles. The third-order valence-electron chi connectivity index (χ3n) is 4.52. The Morgan fingerprint density at radius 1 is 1.15 bits per heavy atom. The van der Waals surface area contributed by atoms with E-state index in [-0.39, 0.29) is 11.8 Å². The first-order valence-corrected chi connectivity index (χ1v) is 8.82. The van der Waals surface area contributed by atoms with E-state index in [0.29, 0.717) is 24.2 Å². The lowest BCUT2D eigenvalue weighted by Gasteiger charge is -2.16. The molecule has 0 saturated carbocycles. The number of nitrogens with zero attached hydrogens (tertiary/aromatic N) is 4. The number of nitrogens with one attached hydrogen (secondary N) is 1. The molecule has 2 aromatic carbocycles. The Morgan fingerprint density at radius 2 is 2.00 bits per heavy atom. The Balaban J connectivity index is 1.43. The van der Waals surface area contributed by atoms with Crippen molar-refractivity contribution in [1.82, 2.24) is 14.8 Å². The summed E-state index contributed by atoms with van der Waals surface area (Å²) < 4.78 is 1.72. The van der Waals surface area contributed by atoms with Gasteiger partial charge in [-0.25, -0.2) is 9.67 Å². The third-order valence-corrected chi connectivity index (χ3v) is 4.52. The molecule has 136 valence electrons. The van der Waals surface area contributed by atoms with Gasteiger partial charge in [0.15, 0.2) is 0 Å². The number of anilines is 2. The van der Waals surface area contributed by atoms with Crippen molar-refractivity contribution in [3.05, 3.63) is 72.3 Å². The van der Waals surface area contributed by atoms with Crippen LogP contribution in [-0.4, -0.2) is 33.1 Å². The number of amides is 2. The van der Waals surface area contributed by atoms with E-state index in [1.807, 2.05) is 36.4 Å². The standard InChI is InChI=1S/C20H19N5O2/c26-19-5-2-10-25(19)18-4-1-3-17(11-18)23-20(27)16-8-6-15(7-9-16)12-24-14-21-13-22-24/h1,3-4,6-9,11,13-14H,2,5,10,12H2,(H,23,27). The Morgan fingerprint density at radius 3 is 2.70 bits per heavy atom. The summed E-state index contributed by atoms with van der Waals surface area (Å²) in [6, 6.07) is 14.8. The normalized spacial score (nSPS) is 13.8. The molecule has 3 aromatic rings. The first-order chi connectivity index (χ1) is 13.2. The van der Waals surface area contributed by atoms with E-state index < -0.39 is 0 Å². The monoisotopic (exact) mass is 361 g/mol. The topological polar surface area (TPSA) is 80.1 Å². The Bertz CT molecular complexity index is 951. The molecule has 4 rings (SSSR count). The lowest BCUT2D eigenvalue weighted by atomic mass is 10.1. The van der Waals surface area contributed by atoms with Gasteiger partial charge in [-0.3, -0.25) is 9.59 Å². The summed E-state index contributed by atoms with van der Waals surface area (Å²) >= 11 is 0. The van der Waals surface area contributed by atoms with Crippen LogP contribution >= 0.6 is 0 Å². The fourth-order valence-corrected chi connectivity index (χ4v) is 3.14. The van der Waals surface area contributed by atoms with Crippen LogP contribution in [0.15, 0.2) is 61.2 Å². The van der Waals surface area contributed by atoms with Gasteiger partial charge in [-0.1, -0.05) is 18.2 Å². The summed E-state index contributed by atoms with van der Waals surface area (Å²) in [7, 11) is 0. The van der Waals surface area contributed by atoms with E-state index in [9.17, 15) is 9.59 Å². The number of carbonyl (C=O) groups excluding carboxylic acids is 2. The highest BCUT2D eigenvalue weighted by Crippen LogP contribution is 2.24. The van der Waals surface area contributed by atoms with Gasteiger partial charge in [-0.15, -0.1) is 0 Å². The van der Waals surface area contributed by atoms with Crippen molar-refractivity contribution < 1.29 is 9.59 Å². The molecular weight excluding hydrogens is 342 g/mol. The fourth-order valence-electron chi connectivity index (χ4n) is 3.14. The molecule has 0 unspecified atom stereocenters. The molecule has 1 saturated heterocycles. The van der Waals surface area contributed by atoms with Gasteiger partial charge in [-0.2, -0.15) is 5.10 Å². The molecule has 1 aromatic heterocycles. The Labute approximate surface area is 156 Å². The SMILES string of the molecule is O=C(Nc1cccc(N2CCCC2=O)c1)c1ccc(Cn2cncn2)cc1. The molecule has 7 nitrogen and oxygen atoms in total. The van der Waals surface area contributed by atoms with E-state index in [4.69, 9.17) is 0 Å². The van der Waals surface area contributed by atoms with Crippen LogP contribution < -0.4 is 10.2 Å². The van der Waals surface area contributed by atoms with Crippen molar-refractivity contribution in [2.45, 2.75) is 19.4 Å². The van der Waals surface area contributed by atoms with Gasteiger partial charge in [0, 0.05) is 29.9 Å². The molecule has 0 bridgehead atoms. The number of rotatable bonds is 5. The molecule has 0 spiro atoms. The zero-order chi connectivity index (χ0) is 18.6. The highest BCUT2D eigenvalue weighted by Gasteiger charge is 2.21. The van der Waals surface area contributed by atoms with Gasteiger partial charge < -0.3 is 10.2 Å². The number of hydrogen-bond donors (Lipinski definition) is 1. The molecular formula is C20H19N5O2. The number of benzene rings is 2. The van der Waals surface area contributed by atoms with E-state index in [2.05, 4.69) is 15.4 Å². The second kappa shape index (κ2) is 7.41. The third kappa shape index (κ3) is 3.87. The van der Waals surface area contributed by atoms with Crippen LogP contribution in [0.4, 0.5) is 11.4 Å². The minimum atomic E-state index is -0.188. The van der Waals surface area contributed by atoms with E-state index >= 15 is 0 Å². The van der Waals surface area contributed by atoms with E-state index in [0.717, 1.165) is 24.2 Å². The number of carbonyl (C=O) groups is 2. The lowest BCUT2D eigenvalue weighted by molar-refractivity contribution is -0.117. The van der Waals surface area contributed by atoms with Crippen LogP contribution in [0.25, 0.3) is 0 Å². The molecule has 1 fully saturated rings. The summed E-state index contributed by atoms with van der Waals surface area (Å²) in [5.41, 5.74) is 3.09. The minimum absolute atomic E-state index is 0.126. The lowest BCUT2D eigenvalue weighted by Crippen LogP contribution is -2.23. The Hall–Kier alpha value is -3.48. The Kier molecular flexibility index (Phi) is 4.65. The largest absolute Gasteiger partial charge is 0.322 e. The van der Waals surface area contributed by atoms with Crippen molar-refractivity contribution in [3.63, 3.8) is 0 Å². The predicted octanol–water partition coefficient (Wildman–Crippen LogP) is 2.71. The van der Waals surface area contributed by atoms with Crippen LogP contribution in [-0.2, 0) is 11.3 Å². The maximum atomic E-state index is 12.5. The molecule has 7 heteroatoms. The van der Waals surface area contributed by atoms with Crippen LogP contribution in [0.1, 0.15) is 28.8 Å². The smallest absolute Gasteiger partial charge is 0.255 e. The first kappa shape index (κ1) is 17.0. The molecule has 1 aliphatic heterocycles. The van der Waals surface area contributed by atoms with Crippen molar-refractivity contribution in [2.75, 3.05) is 16.8 Å². The molecule has 2 amide bonds. The van der Waals surface area contributed by atoms with E-state index in [1.165, 1.54) is 6.33 Å². The maximum Gasteiger partial charge on any atom is 0.255 e. The highest BCUT2D eigenvalue weighted by molar-refractivity contribution is 6.05. The van der Waals surface area contributed by atoms with Crippen LogP contribution in [0, 0.1) is 0 Å². The van der Waals surface area contributed by atoms with Gasteiger partial charge in [0.25, 0.3) is 5.91 Å². The number of aromatic nitrogens is 3. The molecule has 0 aliphatic carbocycles. The highest BCUT2D eigenvalue weighted by atomic mass is 16.2. The van der Waals surface area contributed by atoms with E-state index in [1.54, 1.807) is 28.0 Å². The maximum absolute atomic E-state index is 12.5. The zero-order valence-corrected chi connectivity index (χ0v) is 14.7. The van der Waals surface area contributed by atoms with Gasteiger partial charge in [-0.05, 0) is 42.3 Å².